The number of carbonyl (C=O) groups is 1. The predicted octanol–water partition coefficient (Wildman–Crippen LogP) is 4.17. The standard InChI is InChI=1S/C23H27N3O3/c1-3-15(2)22(23-24-17-7-4-5-8-18(17)25-23)26-21(27)14-16-9-10-19-20(13-16)29-12-6-11-28-19/h4-5,7-10,13,15,22H,3,6,11-12,14H2,1-2H3,(H,24,25)(H,26,27)/t15-,22+/m1/s1. The van der Waals surface area contributed by atoms with Crippen LogP contribution in [-0.2, 0) is 11.2 Å². The first kappa shape index (κ1) is 19.3. The summed E-state index contributed by atoms with van der Waals surface area (Å²) in [5, 5.41) is 3.18. The van der Waals surface area contributed by atoms with Crippen molar-refractivity contribution >= 4 is 16.9 Å². The van der Waals surface area contributed by atoms with Gasteiger partial charge in [0.25, 0.3) is 0 Å². The molecule has 0 aliphatic carbocycles. The van der Waals surface area contributed by atoms with Gasteiger partial charge in [-0.1, -0.05) is 38.5 Å². The Morgan fingerprint density at radius 3 is 2.76 bits per heavy atom. The third kappa shape index (κ3) is 4.36. The zero-order valence-electron chi connectivity index (χ0n) is 16.9. The summed E-state index contributed by atoms with van der Waals surface area (Å²) in [4.78, 5) is 20.9. The zero-order valence-corrected chi connectivity index (χ0v) is 16.9. The van der Waals surface area contributed by atoms with E-state index in [1.54, 1.807) is 0 Å². The van der Waals surface area contributed by atoms with Gasteiger partial charge in [0.1, 0.15) is 5.82 Å². The van der Waals surface area contributed by atoms with E-state index in [1.165, 1.54) is 0 Å². The smallest absolute Gasteiger partial charge is 0.225 e. The van der Waals surface area contributed by atoms with Gasteiger partial charge in [0, 0.05) is 6.42 Å². The molecule has 0 bridgehead atoms. The van der Waals surface area contributed by atoms with E-state index in [0.29, 0.717) is 19.0 Å². The van der Waals surface area contributed by atoms with Gasteiger partial charge in [-0.05, 0) is 35.7 Å². The van der Waals surface area contributed by atoms with Crippen molar-refractivity contribution in [2.24, 2.45) is 5.92 Å². The van der Waals surface area contributed by atoms with Gasteiger partial charge in [-0.25, -0.2) is 4.98 Å². The maximum Gasteiger partial charge on any atom is 0.225 e. The maximum atomic E-state index is 12.8. The molecule has 6 nitrogen and oxygen atoms in total. The fraction of sp³-hybridized carbons (Fsp3) is 0.391. The number of benzene rings is 2. The lowest BCUT2D eigenvalue weighted by atomic mass is 9.98. The maximum absolute atomic E-state index is 12.8. The molecule has 2 N–H and O–H groups in total. The summed E-state index contributed by atoms with van der Waals surface area (Å²) in [5.74, 6) is 2.47. The van der Waals surface area contributed by atoms with Crippen LogP contribution in [0.5, 0.6) is 11.5 Å². The van der Waals surface area contributed by atoms with E-state index in [0.717, 1.165) is 41.0 Å². The summed E-state index contributed by atoms with van der Waals surface area (Å²) < 4.78 is 11.4. The fourth-order valence-corrected chi connectivity index (χ4v) is 3.56. The molecule has 1 aromatic heterocycles. The Labute approximate surface area is 170 Å². The van der Waals surface area contributed by atoms with E-state index >= 15 is 0 Å². The minimum absolute atomic E-state index is 0.0368. The number of ether oxygens (including phenoxy) is 2. The van der Waals surface area contributed by atoms with Gasteiger partial charge in [-0.15, -0.1) is 0 Å². The van der Waals surface area contributed by atoms with Crippen LogP contribution in [0.4, 0.5) is 0 Å². The van der Waals surface area contributed by atoms with Crippen LogP contribution in [0.25, 0.3) is 11.0 Å². The highest BCUT2D eigenvalue weighted by atomic mass is 16.5. The van der Waals surface area contributed by atoms with E-state index in [9.17, 15) is 4.79 Å². The Balaban J connectivity index is 1.50. The monoisotopic (exact) mass is 393 g/mol. The molecule has 4 rings (SSSR count). The second-order valence-corrected chi connectivity index (χ2v) is 7.58. The average Bonchev–Trinajstić information content (AvgIpc) is 3.02. The van der Waals surface area contributed by atoms with Gasteiger partial charge < -0.3 is 19.8 Å². The Kier molecular flexibility index (Phi) is 5.69. The van der Waals surface area contributed by atoms with Crippen molar-refractivity contribution in [3.63, 3.8) is 0 Å². The highest BCUT2D eigenvalue weighted by Gasteiger charge is 2.24. The van der Waals surface area contributed by atoms with Crippen LogP contribution in [0.2, 0.25) is 0 Å². The summed E-state index contributed by atoms with van der Waals surface area (Å²) in [6.45, 7) is 5.54. The first-order chi connectivity index (χ1) is 14.1. The first-order valence-electron chi connectivity index (χ1n) is 10.3. The van der Waals surface area contributed by atoms with Gasteiger partial charge in [0.05, 0.1) is 36.7 Å². The summed E-state index contributed by atoms with van der Waals surface area (Å²) in [7, 11) is 0. The largest absolute Gasteiger partial charge is 0.490 e. The molecular weight excluding hydrogens is 366 g/mol. The second kappa shape index (κ2) is 8.55. The van der Waals surface area contributed by atoms with E-state index in [2.05, 4.69) is 24.1 Å². The molecular formula is C23H27N3O3. The molecule has 6 heteroatoms. The third-order valence-electron chi connectivity index (χ3n) is 5.41. The van der Waals surface area contributed by atoms with Crippen molar-refractivity contribution < 1.29 is 14.3 Å². The lowest BCUT2D eigenvalue weighted by molar-refractivity contribution is -0.121. The number of rotatable bonds is 6. The number of imidazole rings is 1. The lowest BCUT2D eigenvalue weighted by Crippen LogP contribution is -2.34. The quantitative estimate of drug-likeness (QED) is 0.659. The van der Waals surface area contributed by atoms with Gasteiger partial charge in [0.15, 0.2) is 11.5 Å². The van der Waals surface area contributed by atoms with Crippen LogP contribution in [-0.4, -0.2) is 29.1 Å². The Morgan fingerprint density at radius 2 is 1.97 bits per heavy atom. The summed E-state index contributed by atoms with van der Waals surface area (Å²) >= 11 is 0. The van der Waals surface area contributed by atoms with Crippen LogP contribution >= 0.6 is 0 Å². The fourth-order valence-electron chi connectivity index (χ4n) is 3.56. The number of para-hydroxylation sites is 2. The minimum Gasteiger partial charge on any atom is -0.490 e. The van der Waals surface area contributed by atoms with E-state index in [4.69, 9.17) is 14.5 Å². The van der Waals surface area contributed by atoms with Crippen molar-refractivity contribution in [3.8, 4) is 11.5 Å². The van der Waals surface area contributed by atoms with Crippen molar-refractivity contribution in [3.05, 3.63) is 53.9 Å². The number of nitrogens with one attached hydrogen (secondary N) is 2. The Morgan fingerprint density at radius 1 is 1.17 bits per heavy atom. The number of nitrogens with zero attached hydrogens (tertiary/aromatic N) is 1. The molecule has 1 amide bonds. The molecule has 2 heterocycles. The summed E-state index contributed by atoms with van der Waals surface area (Å²) in [5.41, 5.74) is 2.79. The van der Waals surface area contributed by atoms with Crippen LogP contribution in [0, 0.1) is 5.92 Å². The molecule has 2 atom stereocenters. The third-order valence-corrected chi connectivity index (χ3v) is 5.41. The summed E-state index contributed by atoms with van der Waals surface area (Å²) in [6.07, 6.45) is 2.08. The number of hydrogen-bond acceptors (Lipinski definition) is 4. The molecule has 0 unspecified atom stereocenters. The first-order valence-corrected chi connectivity index (χ1v) is 10.3. The van der Waals surface area contributed by atoms with Gasteiger partial charge in [-0.2, -0.15) is 0 Å². The van der Waals surface area contributed by atoms with Crippen LogP contribution in [0.3, 0.4) is 0 Å². The highest BCUT2D eigenvalue weighted by Crippen LogP contribution is 2.31. The molecule has 1 aliphatic heterocycles. The molecule has 0 spiro atoms. The molecule has 0 saturated heterocycles. The molecule has 1 aliphatic rings. The van der Waals surface area contributed by atoms with Gasteiger partial charge in [0.2, 0.25) is 5.91 Å². The van der Waals surface area contributed by atoms with Gasteiger partial charge >= 0.3 is 0 Å². The van der Waals surface area contributed by atoms with Crippen LogP contribution in [0.1, 0.15) is 44.1 Å². The van der Waals surface area contributed by atoms with E-state index < -0.39 is 0 Å². The topological polar surface area (TPSA) is 76.2 Å². The summed E-state index contributed by atoms with van der Waals surface area (Å²) in [6, 6.07) is 13.5. The van der Waals surface area contributed by atoms with Crippen molar-refractivity contribution in [2.75, 3.05) is 13.2 Å². The number of carbonyl (C=O) groups excluding carboxylic acids is 1. The van der Waals surface area contributed by atoms with Crippen molar-refractivity contribution in [1.29, 1.82) is 0 Å². The lowest BCUT2D eigenvalue weighted by Gasteiger charge is -2.22. The highest BCUT2D eigenvalue weighted by molar-refractivity contribution is 5.80. The van der Waals surface area contributed by atoms with Gasteiger partial charge in [-0.3, -0.25) is 4.79 Å². The molecule has 0 radical (unpaired) electrons. The minimum atomic E-state index is -0.166. The number of amides is 1. The van der Waals surface area contributed by atoms with E-state index in [1.807, 2.05) is 42.5 Å². The molecule has 2 aromatic carbocycles. The average molecular weight is 393 g/mol. The Hall–Kier alpha value is -3.02. The number of hydrogen-bond donors (Lipinski definition) is 2. The normalized spacial score (nSPS) is 15.5. The molecule has 3 aromatic rings. The second-order valence-electron chi connectivity index (χ2n) is 7.58. The predicted molar refractivity (Wildman–Crippen MR) is 112 cm³/mol. The Bertz CT molecular complexity index is 965. The molecule has 29 heavy (non-hydrogen) atoms. The number of aromatic nitrogens is 2. The van der Waals surface area contributed by atoms with Crippen LogP contribution < -0.4 is 14.8 Å². The molecule has 152 valence electrons. The molecule has 0 fully saturated rings. The molecule has 0 saturated carbocycles. The number of fused-ring (bicyclic) bond motifs is 2. The van der Waals surface area contributed by atoms with E-state index in [-0.39, 0.29) is 24.3 Å². The number of H-pyrrole nitrogens is 1. The number of aromatic amines is 1. The SMILES string of the molecule is CC[C@@H](C)[C@H](NC(=O)Cc1ccc2c(c1)OCCCO2)c1nc2ccccc2[nH]1. The zero-order chi connectivity index (χ0) is 20.2. The van der Waals surface area contributed by atoms with Crippen LogP contribution in [0.15, 0.2) is 42.5 Å². The van der Waals surface area contributed by atoms with Crippen molar-refractivity contribution in [1.82, 2.24) is 15.3 Å². The van der Waals surface area contributed by atoms with Crippen molar-refractivity contribution in [2.45, 2.75) is 39.2 Å².